The van der Waals surface area contributed by atoms with Gasteiger partial charge in [-0.05, 0) is 49.4 Å². The number of carbonyl (C=O) groups is 1. The summed E-state index contributed by atoms with van der Waals surface area (Å²) in [4.78, 5) is 14.3. The Balaban J connectivity index is 1.17. The molecule has 0 aliphatic carbocycles. The van der Waals surface area contributed by atoms with Crippen LogP contribution in [0.2, 0.25) is 0 Å². The van der Waals surface area contributed by atoms with E-state index < -0.39 is 6.10 Å². The predicted octanol–water partition coefficient (Wildman–Crippen LogP) is -0.659. The SMILES string of the molecule is CC(=O)c1ccc(OC[C@H](O)C[NH+]2CC[NH+](Cc3ccc4c(c3)OCO4)CC2)cc1. The molecule has 0 spiro atoms. The lowest BCUT2D eigenvalue weighted by atomic mass is 10.1. The van der Waals surface area contributed by atoms with Gasteiger partial charge in [0.1, 0.15) is 57.7 Å². The van der Waals surface area contributed by atoms with E-state index in [1.54, 1.807) is 36.1 Å². The normalized spacial score (nSPS) is 21.3. The monoisotopic (exact) mass is 414 g/mol. The highest BCUT2D eigenvalue weighted by Gasteiger charge is 2.26. The van der Waals surface area contributed by atoms with Crippen molar-refractivity contribution in [3.63, 3.8) is 0 Å². The van der Waals surface area contributed by atoms with Crippen molar-refractivity contribution in [3.05, 3.63) is 53.6 Å². The lowest BCUT2D eigenvalue weighted by Crippen LogP contribution is -3.28. The first kappa shape index (κ1) is 20.7. The van der Waals surface area contributed by atoms with Crippen LogP contribution < -0.4 is 24.0 Å². The molecule has 1 fully saturated rings. The average molecular weight is 415 g/mol. The van der Waals surface area contributed by atoms with E-state index in [4.69, 9.17) is 14.2 Å². The summed E-state index contributed by atoms with van der Waals surface area (Å²) in [5.41, 5.74) is 1.93. The molecule has 2 aliphatic heterocycles. The molecule has 2 aromatic carbocycles. The molecule has 2 aromatic rings. The predicted molar refractivity (Wildman–Crippen MR) is 110 cm³/mol. The molecule has 0 unspecified atom stereocenters. The number of rotatable bonds is 8. The highest BCUT2D eigenvalue weighted by atomic mass is 16.7. The van der Waals surface area contributed by atoms with Crippen LogP contribution in [0.3, 0.4) is 0 Å². The molecule has 3 N–H and O–H groups in total. The van der Waals surface area contributed by atoms with Gasteiger partial charge in [-0.2, -0.15) is 0 Å². The molecule has 1 saturated heterocycles. The van der Waals surface area contributed by atoms with Gasteiger partial charge in [0.05, 0.1) is 0 Å². The van der Waals surface area contributed by atoms with Gasteiger partial charge in [-0.25, -0.2) is 0 Å². The van der Waals surface area contributed by atoms with Gasteiger partial charge in [-0.3, -0.25) is 4.79 Å². The van der Waals surface area contributed by atoms with Gasteiger partial charge in [0.2, 0.25) is 6.79 Å². The Kier molecular flexibility index (Phi) is 6.52. The maximum atomic E-state index is 11.3. The summed E-state index contributed by atoms with van der Waals surface area (Å²) in [5.74, 6) is 2.38. The molecule has 2 heterocycles. The van der Waals surface area contributed by atoms with Crippen molar-refractivity contribution in [2.24, 2.45) is 0 Å². The number of Topliss-reactive ketones (excluding diaryl/α,β-unsaturated/α-hetero) is 1. The number of hydrogen-bond donors (Lipinski definition) is 3. The second kappa shape index (κ2) is 9.47. The maximum absolute atomic E-state index is 11.3. The lowest BCUT2D eigenvalue weighted by Gasteiger charge is -2.30. The van der Waals surface area contributed by atoms with Crippen LogP contribution in [-0.2, 0) is 6.54 Å². The van der Waals surface area contributed by atoms with E-state index in [2.05, 4.69) is 12.1 Å². The fraction of sp³-hybridized carbons (Fsp3) is 0.435. The highest BCUT2D eigenvalue weighted by molar-refractivity contribution is 5.94. The molecule has 0 amide bonds. The van der Waals surface area contributed by atoms with E-state index in [0.29, 0.717) is 24.7 Å². The fourth-order valence-electron chi connectivity index (χ4n) is 4.05. The second-order valence-electron chi connectivity index (χ2n) is 8.11. The van der Waals surface area contributed by atoms with E-state index in [1.165, 1.54) is 10.5 Å². The van der Waals surface area contributed by atoms with Gasteiger partial charge in [-0.1, -0.05) is 0 Å². The summed E-state index contributed by atoms with van der Waals surface area (Å²) in [6.07, 6.45) is -0.511. The Labute approximate surface area is 176 Å². The van der Waals surface area contributed by atoms with Gasteiger partial charge in [0, 0.05) is 11.1 Å². The molecule has 2 aliphatic rings. The fourth-order valence-corrected chi connectivity index (χ4v) is 4.05. The molecule has 0 saturated carbocycles. The maximum Gasteiger partial charge on any atom is 0.231 e. The molecule has 0 aromatic heterocycles. The van der Waals surface area contributed by atoms with Gasteiger partial charge >= 0.3 is 0 Å². The van der Waals surface area contributed by atoms with E-state index in [9.17, 15) is 9.90 Å². The molecule has 30 heavy (non-hydrogen) atoms. The molecule has 160 valence electrons. The van der Waals surface area contributed by atoms with Crippen LogP contribution >= 0.6 is 0 Å². The standard InChI is InChI=1S/C23H28N2O5/c1-17(26)19-3-5-21(6-4-19)28-15-20(27)14-25-10-8-24(9-11-25)13-18-2-7-22-23(12-18)30-16-29-22/h2-7,12,20,27H,8-11,13-16H2,1H3/p+2/t20-/m1/s1. The van der Waals surface area contributed by atoms with Crippen LogP contribution in [0, 0.1) is 0 Å². The van der Waals surface area contributed by atoms with E-state index in [-0.39, 0.29) is 12.4 Å². The van der Waals surface area contributed by atoms with Crippen molar-refractivity contribution < 1.29 is 33.9 Å². The first-order valence-corrected chi connectivity index (χ1v) is 10.5. The van der Waals surface area contributed by atoms with Gasteiger partial charge in [-0.15, -0.1) is 0 Å². The van der Waals surface area contributed by atoms with Gasteiger partial charge in [0.15, 0.2) is 17.3 Å². The Bertz CT molecular complexity index is 862. The van der Waals surface area contributed by atoms with Crippen LogP contribution in [0.15, 0.2) is 42.5 Å². The smallest absolute Gasteiger partial charge is 0.231 e. The molecule has 7 heteroatoms. The molecular formula is C23H30N2O5+2. The summed E-state index contributed by atoms with van der Waals surface area (Å²) < 4.78 is 16.5. The third-order valence-electron chi connectivity index (χ3n) is 5.78. The number of aliphatic hydroxyl groups excluding tert-OH is 1. The third-order valence-corrected chi connectivity index (χ3v) is 5.78. The van der Waals surface area contributed by atoms with Crippen LogP contribution in [-0.4, -0.2) is 63.1 Å². The number of quaternary nitrogens is 2. The van der Waals surface area contributed by atoms with Crippen LogP contribution in [0.25, 0.3) is 0 Å². The van der Waals surface area contributed by atoms with Crippen molar-refractivity contribution in [3.8, 4) is 17.2 Å². The highest BCUT2D eigenvalue weighted by Crippen LogP contribution is 2.32. The molecule has 7 nitrogen and oxygen atoms in total. The van der Waals surface area contributed by atoms with Crippen molar-refractivity contribution in [1.29, 1.82) is 0 Å². The first-order chi connectivity index (χ1) is 14.6. The Morgan fingerprint density at radius 2 is 1.73 bits per heavy atom. The zero-order valence-corrected chi connectivity index (χ0v) is 17.4. The third kappa shape index (κ3) is 5.30. The van der Waals surface area contributed by atoms with E-state index in [0.717, 1.165) is 44.2 Å². The topological polar surface area (TPSA) is 73.9 Å². The number of benzene rings is 2. The molecular weight excluding hydrogens is 384 g/mol. The van der Waals surface area contributed by atoms with Crippen molar-refractivity contribution in [2.75, 3.05) is 46.1 Å². The van der Waals surface area contributed by atoms with E-state index in [1.807, 2.05) is 6.07 Å². The summed E-state index contributed by atoms with van der Waals surface area (Å²) in [7, 11) is 0. The first-order valence-electron chi connectivity index (χ1n) is 10.5. The Morgan fingerprint density at radius 3 is 2.47 bits per heavy atom. The molecule has 1 atom stereocenters. The van der Waals surface area contributed by atoms with Gasteiger partial charge in [0.25, 0.3) is 0 Å². The van der Waals surface area contributed by atoms with Crippen LogP contribution in [0.5, 0.6) is 17.2 Å². The summed E-state index contributed by atoms with van der Waals surface area (Å²) >= 11 is 0. The Hall–Kier alpha value is -2.61. The summed E-state index contributed by atoms with van der Waals surface area (Å²) in [6, 6.07) is 13.2. The lowest BCUT2D eigenvalue weighted by molar-refractivity contribution is -1.02. The number of ketones is 1. The largest absolute Gasteiger partial charge is 0.491 e. The summed E-state index contributed by atoms with van der Waals surface area (Å²) in [6.45, 7) is 7.98. The average Bonchev–Trinajstić information content (AvgIpc) is 3.22. The number of fused-ring (bicyclic) bond motifs is 1. The number of ether oxygens (including phenoxy) is 3. The van der Waals surface area contributed by atoms with Crippen molar-refractivity contribution in [1.82, 2.24) is 0 Å². The van der Waals surface area contributed by atoms with Crippen molar-refractivity contribution >= 4 is 5.78 Å². The zero-order chi connectivity index (χ0) is 20.9. The minimum atomic E-state index is -0.511. The minimum absolute atomic E-state index is 0.0324. The summed E-state index contributed by atoms with van der Waals surface area (Å²) in [5, 5.41) is 10.4. The number of hydrogen-bond acceptors (Lipinski definition) is 5. The number of nitrogens with one attached hydrogen (secondary N) is 2. The number of piperazine rings is 1. The Morgan fingerprint density at radius 1 is 1.03 bits per heavy atom. The quantitative estimate of drug-likeness (QED) is 0.501. The van der Waals surface area contributed by atoms with Crippen LogP contribution in [0.4, 0.5) is 0 Å². The number of aliphatic hydroxyl groups is 1. The van der Waals surface area contributed by atoms with Crippen LogP contribution in [0.1, 0.15) is 22.8 Å². The number of carbonyl (C=O) groups excluding carboxylic acids is 1. The zero-order valence-electron chi connectivity index (χ0n) is 17.4. The molecule has 4 rings (SSSR count). The molecule has 0 bridgehead atoms. The van der Waals surface area contributed by atoms with Crippen molar-refractivity contribution in [2.45, 2.75) is 19.6 Å². The molecule has 0 radical (unpaired) electrons. The van der Waals surface area contributed by atoms with E-state index >= 15 is 0 Å². The van der Waals surface area contributed by atoms with Gasteiger partial charge < -0.3 is 29.1 Å². The second-order valence-corrected chi connectivity index (χ2v) is 8.11. The minimum Gasteiger partial charge on any atom is -0.491 e.